The largest absolute Gasteiger partial charge is 0.383 e. The van der Waals surface area contributed by atoms with Crippen LogP contribution in [0.4, 0.5) is 0 Å². The van der Waals surface area contributed by atoms with Crippen molar-refractivity contribution in [2.45, 2.75) is 25.5 Å². The van der Waals surface area contributed by atoms with E-state index in [1.165, 1.54) is 0 Å². The molecule has 2 atom stereocenters. The molecule has 0 heterocycles. The molecule has 0 aromatic rings. The van der Waals surface area contributed by atoms with Crippen molar-refractivity contribution in [2.75, 3.05) is 27.9 Å². The van der Waals surface area contributed by atoms with Gasteiger partial charge in [-0.2, -0.15) is 0 Å². The van der Waals surface area contributed by atoms with Crippen molar-refractivity contribution >= 4 is 0 Å². The summed E-state index contributed by atoms with van der Waals surface area (Å²) in [4.78, 5) is 0. The summed E-state index contributed by atoms with van der Waals surface area (Å²) in [7, 11) is 5.37. The van der Waals surface area contributed by atoms with Crippen LogP contribution in [0.15, 0.2) is 0 Å². The van der Waals surface area contributed by atoms with Crippen molar-refractivity contribution in [3.05, 3.63) is 0 Å². The van der Waals surface area contributed by atoms with Crippen molar-refractivity contribution in [1.29, 1.82) is 0 Å². The average Bonchev–Trinajstić information content (AvgIpc) is 2.03. The van der Waals surface area contributed by atoms with Gasteiger partial charge in [0.05, 0.1) is 12.7 Å². The van der Waals surface area contributed by atoms with E-state index in [1.807, 2.05) is 7.05 Å². The summed E-state index contributed by atoms with van der Waals surface area (Å²) >= 11 is 0. The van der Waals surface area contributed by atoms with E-state index < -0.39 is 0 Å². The van der Waals surface area contributed by atoms with E-state index in [0.717, 1.165) is 13.0 Å². The second-order valence-corrected chi connectivity index (χ2v) is 2.72. The Balaban J connectivity index is 3.49. The number of methoxy groups -OCH3 is 2. The lowest BCUT2D eigenvalue weighted by atomic mass is 10.1. The summed E-state index contributed by atoms with van der Waals surface area (Å²) in [5.41, 5.74) is 0. The predicted molar refractivity (Wildman–Crippen MR) is 45.8 cm³/mol. The molecule has 0 aliphatic rings. The minimum absolute atomic E-state index is 0.294. The number of rotatable bonds is 6. The fourth-order valence-corrected chi connectivity index (χ4v) is 0.967. The molecule has 0 radical (unpaired) electrons. The third-order valence-corrected chi connectivity index (χ3v) is 1.79. The third-order valence-electron chi connectivity index (χ3n) is 1.79. The first kappa shape index (κ1) is 10.9. The van der Waals surface area contributed by atoms with Gasteiger partial charge in [-0.25, -0.2) is 0 Å². The summed E-state index contributed by atoms with van der Waals surface area (Å²) < 4.78 is 10.2. The van der Waals surface area contributed by atoms with E-state index in [-0.39, 0.29) is 0 Å². The van der Waals surface area contributed by atoms with Crippen molar-refractivity contribution in [1.82, 2.24) is 5.32 Å². The van der Waals surface area contributed by atoms with E-state index in [0.29, 0.717) is 12.1 Å². The van der Waals surface area contributed by atoms with Crippen molar-refractivity contribution in [3.8, 4) is 0 Å². The van der Waals surface area contributed by atoms with Gasteiger partial charge >= 0.3 is 0 Å². The zero-order chi connectivity index (χ0) is 8.69. The highest BCUT2D eigenvalue weighted by Crippen LogP contribution is 2.00. The summed E-state index contributed by atoms with van der Waals surface area (Å²) in [6.07, 6.45) is 1.28. The number of ether oxygens (including phenoxy) is 2. The summed E-state index contributed by atoms with van der Waals surface area (Å²) in [6.45, 7) is 2.80. The molecular formula is C8H19NO2. The van der Waals surface area contributed by atoms with Crippen LogP contribution in [0.2, 0.25) is 0 Å². The monoisotopic (exact) mass is 161 g/mol. The maximum Gasteiger partial charge on any atom is 0.0616 e. The first-order chi connectivity index (χ1) is 5.24. The van der Waals surface area contributed by atoms with E-state index in [9.17, 15) is 0 Å². The quantitative estimate of drug-likeness (QED) is 0.620. The van der Waals surface area contributed by atoms with E-state index in [2.05, 4.69) is 12.2 Å². The van der Waals surface area contributed by atoms with Crippen LogP contribution in [0.25, 0.3) is 0 Å². The second kappa shape index (κ2) is 6.58. The summed E-state index contributed by atoms with van der Waals surface area (Å²) in [5.74, 6) is 0. The molecule has 0 fully saturated rings. The SMILES string of the molecule is CNC(COC)CC(C)OC. The molecule has 0 aromatic heterocycles. The van der Waals surface area contributed by atoms with Crippen LogP contribution >= 0.6 is 0 Å². The Bertz CT molecular complexity index is 88.2. The maximum atomic E-state index is 5.13. The fourth-order valence-electron chi connectivity index (χ4n) is 0.967. The smallest absolute Gasteiger partial charge is 0.0616 e. The summed E-state index contributed by atoms with van der Waals surface area (Å²) in [6, 6.07) is 0.398. The normalized spacial score (nSPS) is 16.4. The molecular weight excluding hydrogens is 142 g/mol. The molecule has 2 unspecified atom stereocenters. The van der Waals surface area contributed by atoms with E-state index in [4.69, 9.17) is 9.47 Å². The Morgan fingerprint density at radius 2 is 2.00 bits per heavy atom. The predicted octanol–water partition coefficient (Wildman–Crippen LogP) is 0.646. The second-order valence-electron chi connectivity index (χ2n) is 2.72. The zero-order valence-electron chi connectivity index (χ0n) is 7.89. The van der Waals surface area contributed by atoms with Gasteiger partial charge in [-0.1, -0.05) is 0 Å². The highest BCUT2D eigenvalue weighted by Gasteiger charge is 2.09. The Morgan fingerprint density at radius 3 is 2.36 bits per heavy atom. The molecule has 0 rings (SSSR count). The molecule has 0 aliphatic heterocycles. The lowest BCUT2D eigenvalue weighted by Gasteiger charge is -2.18. The number of hydrogen-bond acceptors (Lipinski definition) is 3. The molecule has 3 heteroatoms. The minimum Gasteiger partial charge on any atom is -0.383 e. The van der Waals surface area contributed by atoms with E-state index in [1.54, 1.807) is 14.2 Å². The van der Waals surface area contributed by atoms with Gasteiger partial charge in [-0.3, -0.25) is 0 Å². The molecule has 0 saturated carbocycles. The minimum atomic E-state index is 0.294. The lowest BCUT2D eigenvalue weighted by molar-refractivity contribution is 0.0824. The molecule has 0 spiro atoms. The van der Waals surface area contributed by atoms with E-state index >= 15 is 0 Å². The van der Waals surface area contributed by atoms with Crippen LogP contribution in [-0.2, 0) is 9.47 Å². The molecule has 3 nitrogen and oxygen atoms in total. The Morgan fingerprint density at radius 1 is 1.36 bits per heavy atom. The lowest BCUT2D eigenvalue weighted by Crippen LogP contribution is -2.33. The van der Waals surface area contributed by atoms with Crippen LogP contribution in [-0.4, -0.2) is 40.0 Å². The number of nitrogens with one attached hydrogen (secondary N) is 1. The average molecular weight is 161 g/mol. The topological polar surface area (TPSA) is 30.5 Å². The summed E-state index contributed by atoms with van der Waals surface area (Å²) in [5, 5.41) is 3.16. The molecule has 68 valence electrons. The maximum absolute atomic E-state index is 5.13. The molecule has 0 aliphatic carbocycles. The molecule has 11 heavy (non-hydrogen) atoms. The van der Waals surface area contributed by atoms with Crippen LogP contribution in [0, 0.1) is 0 Å². The van der Waals surface area contributed by atoms with Gasteiger partial charge in [0.15, 0.2) is 0 Å². The highest BCUT2D eigenvalue weighted by molar-refractivity contribution is 4.66. The molecule has 0 aromatic carbocycles. The molecule has 0 saturated heterocycles. The fraction of sp³-hybridized carbons (Fsp3) is 1.00. The molecule has 0 bridgehead atoms. The van der Waals surface area contributed by atoms with Gasteiger partial charge in [0.2, 0.25) is 0 Å². The van der Waals surface area contributed by atoms with Gasteiger partial charge in [-0.05, 0) is 20.4 Å². The first-order valence-corrected chi connectivity index (χ1v) is 3.93. The van der Waals surface area contributed by atoms with Crippen LogP contribution in [0.1, 0.15) is 13.3 Å². The van der Waals surface area contributed by atoms with Crippen LogP contribution < -0.4 is 5.32 Å². The first-order valence-electron chi connectivity index (χ1n) is 3.93. The Hall–Kier alpha value is -0.120. The Labute approximate surface area is 69.1 Å². The van der Waals surface area contributed by atoms with Gasteiger partial charge in [-0.15, -0.1) is 0 Å². The van der Waals surface area contributed by atoms with Gasteiger partial charge in [0.1, 0.15) is 0 Å². The molecule has 0 amide bonds. The van der Waals surface area contributed by atoms with Gasteiger partial charge in [0, 0.05) is 20.3 Å². The number of likely N-dealkylation sites (N-methyl/N-ethyl adjacent to an activating group) is 1. The van der Waals surface area contributed by atoms with Gasteiger partial charge in [0.25, 0.3) is 0 Å². The molecule has 1 N–H and O–H groups in total. The standard InChI is InChI=1S/C8H19NO2/c1-7(11-4)5-8(9-2)6-10-3/h7-9H,5-6H2,1-4H3. The Kier molecular flexibility index (Phi) is 6.51. The van der Waals surface area contributed by atoms with Crippen molar-refractivity contribution in [2.24, 2.45) is 0 Å². The highest BCUT2D eigenvalue weighted by atomic mass is 16.5. The van der Waals surface area contributed by atoms with Crippen LogP contribution in [0.3, 0.4) is 0 Å². The van der Waals surface area contributed by atoms with Crippen LogP contribution in [0.5, 0.6) is 0 Å². The van der Waals surface area contributed by atoms with Gasteiger partial charge < -0.3 is 14.8 Å². The van der Waals surface area contributed by atoms with Crippen molar-refractivity contribution < 1.29 is 9.47 Å². The number of hydrogen-bond donors (Lipinski definition) is 1. The van der Waals surface area contributed by atoms with Crippen molar-refractivity contribution in [3.63, 3.8) is 0 Å². The zero-order valence-corrected chi connectivity index (χ0v) is 7.89. The third kappa shape index (κ3) is 5.18.